The Morgan fingerprint density at radius 1 is 1.22 bits per heavy atom. The second-order valence-corrected chi connectivity index (χ2v) is 4.50. The highest BCUT2D eigenvalue weighted by Crippen LogP contribution is 2.26. The molecule has 0 bridgehead atoms. The van der Waals surface area contributed by atoms with Crippen LogP contribution in [-0.2, 0) is 0 Å². The van der Waals surface area contributed by atoms with Gasteiger partial charge in [-0.15, -0.1) is 0 Å². The highest BCUT2D eigenvalue weighted by Gasteiger charge is 2.18. The lowest BCUT2D eigenvalue weighted by atomic mass is 10.0. The van der Waals surface area contributed by atoms with Gasteiger partial charge in [-0.2, -0.15) is 0 Å². The maximum atomic E-state index is 13.2. The lowest BCUT2D eigenvalue weighted by molar-refractivity contribution is 0.503. The third-order valence-electron chi connectivity index (χ3n) is 2.50. The predicted molar refractivity (Wildman–Crippen MR) is 67.5 cm³/mol. The Morgan fingerprint density at radius 3 is 2.61 bits per heavy atom. The quantitative estimate of drug-likeness (QED) is 0.676. The van der Waals surface area contributed by atoms with E-state index in [1.165, 1.54) is 6.07 Å². The molecule has 0 aliphatic heterocycles. The number of nitrogens with one attached hydrogen (secondary N) is 1. The van der Waals surface area contributed by atoms with Crippen molar-refractivity contribution in [1.29, 1.82) is 0 Å². The van der Waals surface area contributed by atoms with Gasteiger partial charge in [0.2, 0.25) is 0 Å². The fourth-order valence-electron chi connectivity index (χ4n) is 1.64. The second-order valence-electron chi connectivity index (χ2n) is 3.64. The molecular weight excluding hydrogens is 304 g/mol. The minimum absolute atomic E-state index is 0.496. The SMILES string of the molecule is NNC(c1ccc(F)c(F)c1)c1ncccc1Br. The van der Waals surface area contributed by atoms with Crippen LogP contribution in [-0.4, -0.2) is 4.98 Å². The summed E-state index contributed by atoms with van der Waals surface area (Å²) in [5.41, 5.74) is 3.64. The number of benzene rings is 1. The number of aromatic nitrogens is 1. The summed E-state index contributed by atoms with van der Waals surface area (Å²) in [6.07, 6.45) is 1.60. The van der Waals surface area contributed by atoms with Crippen molar-refractivity contribution in [3.8, 4) is 0 Å². The Bertz CT molecular complexity index is 563. The zero-order valence-electron chi connectivity index (χ0n) is 9.20. The van der Waals surface area contributed by atoms with Crippen molar-refractivity contribution in [1.82, 2.24) is 10.4 Å². The van der Waals surface area contributed by atoms with Crippen LogP contribution in [0.25, 0.3) is 0 Å². The number of nitrogens with two attached hydrogens (primary N) is 1. The molecule has 0 radical (unpaired) electrons. The topological polar surface area (TPSA) is 50.9 Å². The van der Waals surface area contributed by atoms with E-state index < -0.39 is 17.7 Å². The van der Waals surface area contributed by atoms with Crippen molar-refractivity contribution in [2.45, 2.75) is 6.04 Å². The number of hydrazine groups is 1. The van der Waals surface area contributed by atoms with Crippen LogP contribution < -0.4 is 11.3 Å². The molecule has 1 aromatic carbocycles. The first-order chi connectivity index (χ1) is 8.63. The number of hydrogen-bond acceptors (Lipinski definition) is 3. The maximum Gasteiger partial charge on any atom is 0.159 e. The minimum Gasteiger partial charge on any atom is -0.271 e. The normalized spacial score (nSPS) is 12.4. The van der Waals surface area contributed by atoms with E-state index in [2.05, 4.69) is 26.3 Å². The largest absolute Gasteiger partial charge is 0.271 e. The summed E-state index contributed by atoms with van der Waals surface area (Å²) in [6.45, 7) is 0. The molecule has 1 aromatic heterocycles. The summed E-state index contributed by atoms with van der Waals surface area (Å²) in [6, 6.07) is 6.66. The Labute approximate surface area is 111 Å². The van der Waals surface area contributed by atoms with Gasteiger partial charge in [-0.05, 0) is 45.8 Å². The van der Waals surface area contributed by atoms with Gasteiger partial charge in [0, 0.05) is 10.7 Å². The Balaban J connectivity index is 2.45. The van der Waals surface area contributed by atoms with E-state index >= 15 is 0 Å². The molecule has 6 heteroatoms. The zero-order chi connectivity index (χ0) is 13.1. The fraction of sp³-hybridized carbons (Fsp3) is 0.0833. The molecule has 0 fully saturated rings. The summed E-state index contributed by atoms with van der Waals surface area (Å²) < 4.78 is 26.8. The summed E-state index contributed by atoms with van der Waals surface area (Å²) in [7, 11) is 0. The van der Waals surface area contributed by atoms with Crippen LogP contribution in [0.1, 0.15) is 17.3 Å². The maximum absolute atomic E-state index is 13.2. The van der Waals surface area contributed by atoms with Crippen molar-refractivity contribution in [2.24, 2.45) is 5.84 Å². The van der Waals surface area contributed by atoms with E-state index in [-0.39, 0.29) is 0 Å². The van der Waals surface area contributed by atoms with Gasteiger partial charge in [0.25, 0.3) is 0 Å². The van der Waals surface area contributed by atoms with Gasteiger partial charge in [0.1, 0.15) is 0 Å². The van der Waals surface area contributed by atoms with Gasteiger partial charge in [-0.25, -0.2) is 14.2 Å². The second kappa shape index (κ2) is 5.51. The van der Waals surface area contributed by atoms with Crippen molar-refractivity contribution in [3.63, 3.8) is 0 Å². The molecular formula is C12H10BrF2N3. The molecule has 2 aromatic rings. The van der Waals surface area contributed by atoms with Crippen LogP contribution in [0.5, 0.6) is 0 Å². The number of nitrogens with zero attached hydrogens (tertiary/aromatic N) is 1. The molecule has 18 heavy (non-hydrogen) atoms. The van der Waals surface area contributed by atoms with E-state index in [0.717, 1.165) is 16.6 Å². The summed E-state index contributed by atoms with van der Waals surface area (Å²) in [5, 5.41) is 0. The molecule has 0 aliphatic rings. The van der Waals surface area contributed by atoms with Crippen molar-refractivity contribution >= 4 is 15.9 Å². The lowest BCUT2D eigenvalue weighted by Gasteiger charge is -2.17. The molecule has 94 valence electrons. The molecule has 0 saturated carbocycles. The molecule has 1 unspecified atom stereocenters. The number of halogens is 3. The third kappa shape index (κ3) is 2.55. The van der Waals surface area contributed by atoms with Crippen LogP contribution in [0.15, 0.2) is 41.0 Å². The van der Waals surface area contributed by atoms with Crippen LogP contribution in [0, 0.1) is 11.6 Å². The average Bonchev–Trinajstić information content (AvgIpc) is 2.37. The predicted octanol–water partition coefficient (Wildman–Crippen LogP) is 2.68. The van der Waals surface area contributed by atoms with Crippen molar-refractivity contribution < 1.29 is 8.78 Å². The standard InChI is InChI=1S/C12H10BrF2N3/c13-8-2-1-5-17-12(8)11(18-16)7-3-4-9(14)10(15)6-7/h1-6,11,18H,16H2. The van der Waals surface area contributed by atoms with Gasteiger partial charge >= 0.3 is 0 Å². The summed E-state index contributed by atoms with van der Waals surface area (Å²) >= 11 is 3.34. The van der Waals surface area contributed by atoms with Gasteiger partial charge in [-0.1, -0.05) is 6.07 Å². The van der Waals surface area contributed by atoms with Gasteiger partial charge < -0.3 is 0 Å². The first-order valence-corrected chi connectivity index (χ1v) is 5.94. The summed E-state index contributed by atoms with van der Waals surface area (Å²) in [5.74, 6) is 3.66. The first kappa shape index (κ1) is 13.1. The zero-order valence-corrected chi connectivity index (χ0v) is 10.8. The van der Waals surface area contributed by atoms with Gasteiger partial charge in [0.05, 0.1) is 11.7 Å². The first-order valence-electron chi connectivity index (χ1n) is 5.15. The molecule has 0 spiro atoms. The van der Waals surface area contributed by atoms with Gasteiger partial charge in [-0.3, -0.25) is 10.8 Å². The van der Waals surface area contributed by atoms with Crippen LogP contribution in [0.3, 0.4) is 0 Å². The van der Waals surface area contributed by atoms with Crippen LogP contribution in [0.4, 0.5) is 8.78 Å². The monoisotopic (exact) mass is 313 g/mol. The number of pyridine rings is 1. The van der Waals surface area contributed by atoms with E-state index in [1.807, 2.05) is 0 Å². The van der Waals surface area contributed by atoms with Crippen molar-refractivity contribution in [2.75, 3.05) is 0 Å². The molecule has 3 nitrogen and oxygen atoms in total. The van der Waals surface area contributed by atoms with E-state index in [0.29, 0.717) is 11.3 Å². The number of rotatable bonds is 3. The van der Waals surface area contributed by atoms with Crippen LogP contribution in [0.2, 0.25) is 0 Å². The minimum atomic E-state index is -0.917. The molecule has 0 saturated heterocycles. The number of hydrogen-bond donors (Lipinski definition) is 2. The molecule has 3 N–H and O–H groups in total. The smallest absolute Gasteiger partial charge is 0.159 e. The Hall–Kier alpha value is -1.37. The lowest BCUT2D eigenvalue weighted by Crippen LogP contribution is -2.30. The molecule has 1 atom stereocenters. The highest BCUT2D eigenvalue weighted by atomic mass is 79.9. The Kier molecular flexibility index (Phi) is 4.00. The highest BCUT2D eigenvalue weighted by molar-refractivity contribution is 9.10. The molecule has 0 amide bonds. The third-order valence-corrected chi connectivity index (χ3v) is 3.17. The van der Waals surface area contributed by atoms with E-state index in [9.17, 15) is 8.78 Å². The van der Waals surface area contributed by atoms with Crippen molar-refractivity contribution in [3.05, 3.63) is 63.9 Å². The Morgan fingerprint density at radius 2 is 2.00 bits per heavy atom. The molecule has 0 aliphatic carbocycles. The van der Waals surface area contributed by atoms with Gasteiger partial charge in [0.15, 0.2) is 11.6 Å². The van der Waals surface area contributed by atoms with E-state index in [1.54, 1.807) is 18.3 Å². The molecule has 1 heterocycles. The van der Waals surface area contributed by atoms with E-state index in [4.69, 9.17) is 5.84 Å². The molecule has 2 rings (SSSR count). The fourth-order valence-corrected chi connectivity index (χ4v) is 2.12. The van der Waals surface area contributed by atoms with Crippen LogP contribution >= 0.6 is 15.9 Å². The summed E-state index contributed by atoms with van der Waals surface area (Å²) in [4.78, 5) is 4.17. The average molecular weight is 314 g/mol.